The van der Waals surface area contributed by atoms with Crippen LogP contribution in [0, 0.1) is 0 Å². The van der Waals surface area contributed by atoms with Crippen molar-refractivity contribution in [3.05, 3.63) is 0 Å². The lowest BCUT2D eigenvalue weighted by Gasteiger charge is -1.79. The van der Waals surface area contributed by atoms with Gasteiger partial charge < -0.3 is 9.66 Å². The van der Waals surface area contributed by atoms with E-state index in [1.807, 2.05) is 0 Å². The minimum Gasteiger partial charge on any atom is -0.388 e. The molecule has 0 rings (SSSR count). The molecule has 0 fully saturated rings. The zero-order valence-electron chi connectivity index (χ0n) is 2.92. The van der Waals surface area contributed by atoms with Gasteiger partial charge >= 0.3 is 0 Å². The summed E-state index contributed by atoms with van der Waals surface area (Å²) in [5, 5.41) is 7.17. The van der Waals surface area contributed by atoms with Crippen LogP contribution in [0.15, 0.2) is 0 Å². The van der Waals surface area contributed by atoms with Crippen LogP contribution in [0.1, 0.15) is 0 Å². The number of aliphatic hydroxyl groups excluding tert-OH is 1. The Bertz CT molecular complexity index is 46.8. The topological polar surface area (TPSA) is 57.5 Å². The predicted molar refractivity (Wildman–Crippen MR) is 22.3 cm³/mol. The van der Waals surface area contributed by atoms with Gasteiger partial charge in [0.05, 0.1) is 12.0 Å². The van der Waals surface area contributed by atoms with Crippen LogP contribution in [0.2, 0.25) is 0 Å². The fourth-order valence-electron chi connectivity index (χ4n) is 0.0289. The highest BCUT2D eigenvalue weighted by Crippen LogP contribution is 1.88. The first-order valence-corrected chi connectivity index (χ1v) is 2.03. The number of carbonyl (C=O) groups excluding carboxylic acids is 1. The fraction of sp³-hybridized carbons (Fsp3) is 0.500. The lowest BCUT2D eigenvalue weighted by molar-refractivity contribution is -0.113. The molecule has 0 aromatic heterocycles. The number of aliphatic hydroxyl groups is 1. The molecule has 0 spiro atoms. The summed E-state index contributed by atoms with van der Waals surface area (Å²) in [5.41, 5.74) is 0. The summed E-state index contributed by atoms with van der Waals surface area (Å²) >= 11 is 0.0359. The Hall–Kier alpha value is -0.0600. The van der Waals surface area contributed by atoms with E-state index < -0.39 is 11.7 Å². The summed E-state index contributed by atoms with van der Waals surface area (Å²) in [6.07, 6.45) is 0. The summed E-state index contributed by atoms with van der Waals surface area (Å²) in [6.45, 7) is -0.596. The van der Waals surface area contributed by atoms with Crippen molar-refractivity contribution in [1.82, 2.24) is 0 Å². The Labute approximate surface area is 39.2 Å². The van der Waals surface area contributed by atoms with Crippen molar-refractivity contribution in [1.29, 1.82) is 0 Å². The molecule has 0 radical (unpaired) electrons. The Morgan fingerprint density at radius 3 is 2.33 bits per heavy atom. The largest absolute Gasteiger partial charge is 0.388 e. The first-order valence-electron chi connectivity index (χ1n) is 1.26. The second-order valence-corrected chi connectivity index (χ2v) is 1.26. The predicted octanol–water partition coefficient (Wildman–Crippen LogP) is -0.289. The van der Waals surface area contributed by atoms with Crippen LogP contribution in [0.4, 0.5) is 0 Å². The van der Waals surface area contributed by atoms with Gasteiger partial charge in [-0.2, -0.15) is 0 Å². The summed E-state index contributed by atoms with van der Waals surface area (Å²) in [7, 11) is 0. The number of carbonyl (C=O) groups is 1. The monoisotopic (exact) mass is 108 g/mol. The second-order valence-electron chi connectivity index (χ2n) is 0.621. The molecule has 2 N–H and O–H groups in total. The van der Waals surface area contributed by atoms with Crippen LogP contribution in [0.25, 0.3) is 0 Å². The first-order chi connectivity index (χ1) is 2.81. The van der Waals surface area contributed by atoms with Gasteiger partial charge in [0.1, 0.15) is 6.61 Å². The number of hydrogen-bond donors (Lipinski definition) is 2. The van der Waals surface area contributed by atoms with Crippen LogP contribution < -0.4 is 0 Å². The molecule has 0 aromatic carbocycles. The molecule has 0 unspecified atom stereocenters. The molecule has 0 amide bonds. The highest BCUT2D eigenvalue weighted by atomic mass is 32.2. The minimum atomic E-state index is -0.630. The molecule has 0 aliphatic carbocycles. The maximum atomic E-state index is 9.64. The maximum absolute atomic E-state index is 9.64. The molecule has 0 bridgehead atoms. The van der Waals surface area contributed by atoms with E-state index in [1.165, 1.54) is 0 Å². The van der Waals surface area contributed by atoms with E-state index in [2.05, 4.69) is 0 Å². The average Bonchev–Trinajstić information content (AvgIpc) is 1.65. The van der Waals surface area contributed by atoms with Gasteiger partial charge in [0, 0.05) is 0 Å². The minimum absolute atomic E-state index is 0.0359. The molecule has 0 heterocycles. The first kappa shape index (κ1) is 5.94. The number of hydrogen-bond acceptors (Lipinski definition) is 4. The molecule has 0 atom stereocenters. The third kappa shape index (κ3) is 2.19. The summed E-state index contributed by atoms with van der Waals surface area (Å²) < 4.78 is 7.74. The Balaban J connectivity index is 2.99. The van der Waals surface area contributed by atoms with Gasteiger partial charge in [-0.05, 0) is 0 Å². The lowest BCUT2D eigenvalue weighted by Crippen LogP contribution is -1.94. The maximum Gasteiger partial charge on any atom is 0.240 e. The Morgan fingerprint density at radius 1 is 1.83 bits per heavy atom. The van der Waals surface area contributed by atoms with E-state index in [9.17, 15) is 4.79 Å². The van der Waals surface area contributed by atoms with E-state index in [-0.39, 0.29) is 12.0 Å². The molecule has 0 saturated heterocycles. The van der Waals surface area contributed by atoms with Crippen molar-refractivity contribution in [2.24, 2.45) is 0 Å². The van der Waals surface area contributed by atoms with Gasteiger partial charge in [-0.3, -0.25) is 4.79 Å². The molecule has 4 heteroatoms. The van der Waals surface area contributed by atoms with Crippen molar-refractivity contribution in [3.63, 3.8) is 0 Å². The van der Waals surface area contributed by atoms with E-state index in [0.717, 1.165) is 0 Å². The molecule has 0 aliphatic rings. The standard InChI is InChI=1S/C2H4O3S/c3-1-2(4)6-5/h3,5H,1H2. The SMILES string of the molecule is O=C(CO)SO. The van der Waals surface area contributed by atoms with Crippen LogP contribution in [0.5, 0.6) is 0 Å². The number of rotatable bonds is 1. The quantitative estimate of drug-likeness (QED) is 0.453. The van der Waals surface area contributed by atoms with Crippen molar-refractivity contribution in [3.8, 4) is 0 Å². The fourth-order valence-corrected chi connectivity index (χ4v) is 0.0866. The third-order valence-electron chi connectivity index (χ3n) is 0.231. The molecular weight excluding hydrogens is 104 g/mol. The highest BCUT2D eigenvalue weighted by molar-refractivity contribution is 8.08. The van der Waals surface area contributed by atoms with Crippen LogP contribution in [0.3, 0.4) is 0 Å². The normalized spacial score (nSPS) is 8.33. The Kier molecular flexibility index (Phi) is 3.11. The van der Waals surface area contributed by atoms with Gasteiger partial charge in [-0.1, -0.05) is 0 Å². The van der Waals surface area contributed by atoms with Crippen molar-refractivity contribution < 1.29 is 14.5 Å². The molecule has 0 aliphatic heterocycles. The molecule has 0 saturated carbocycles. The third-order valence-corrected chi connectivity index (χ3v) is 0.564. The van der Waals surface area contributed by atoms with Crippen LogP contribution in [-0.4, -0.2) is 21.4 Å². The molecule has 3 nitrogen and oxygen atoms in total. The van der Waals surface area contributed by atoms with E-state index in [0.29, 0.717) is 0 Å². The van der Waals surface area contributed by atoms with E-state index >= 15 is 0 Å². The molecular formula is C2H4O3S. The van der Waals surface area contributed by atoms with Gasteiger partial charge in [-0.25, -0.2) is 0 Å². The smallest absolute Gasteiger partial charge is 0.240 e. The van der Waals surface area contributed by atoms with E-state index in [4.69, 9.17) is 9.66 Å². The van der Waals surface area contributed by atoms with Gasteiger partial charge in [0.25, 0.3) is 0 Å². The van der Waals surface area contributed by atoms with Crippen LogP contribution >= 0.6 is 12.0 Å². The van der Waals surface area contributed by atoms with Crippen molar-refractivity contribution >= 4 is 17.2 Å². The second kappa shape index (κ2) is 3.14. The van der Waals surface area contributed by atoms with Gasteiger partial charge in [-0.15, -0.1) is 0 Å². The van der Waals surface area contributed by atoms with Crippen LogP contribution in [-0.2, 0) is 4.79 Å². The highest BCUT2D eigenvalue weighted by Gasteiger charge is 1.92. The lowest BCUT2D eigenvalue weighted by atomic mass is 10.8. The van der Waals surface area contributed by atoms with Gasteiger partial charge in [0.2, 0.25) is 5.12 Å². The summed E-state index contributed by atoms with van der Waals surface area (Å²) in [6, 6.07) is 0. The molecule has 6 heavy (non-hydrogen) atoms. The summed E-state index contributed by atoms with van der Waals surface area (Å²) in [5.74, 6) is 0. The van der Waals surface area contributed by atoms with Crippen molar-refractivity contribution in [2.75, 3.05) is 6.61 Å². The average molecular weight is 108 g/mol. The summed E-state index contributed by atoms with van der Waals surface area (Å²) in [4.78, 5) is 9.64. The zero-order chi connectivity index (χ0) is 4.99. The molecule has 0 aromatic rings. The molecule has 36 valence electrons. The van der Waals surface area contributed by atoms with Gasteiger partial charge in [0.15, 0.2) is 0 Å². The Morgan fingerprint density at radius 2 is 2.33 bits per heavy atom. The van der Waals surface area contributed by atoms with Crippen molar-refractivity contribution in [2.45, 2.75) is 0 Å². The van der Waals surface area contributed by atoms with E-state index in [1.54, 1.807) is 0 Å². The zero-order valence-corrected chi connectivity index (χ0v) is 3.73.